The van der Waals surface area contributed by atoms with E-state index in [0.29, 0.717) is 0 Å². The van der Waals surface area contributed by atoms with Crippen LogP contribution in [0, 0.1) is 0 Å². The number of carbonyl (C=O) groups is 2. The van der Waals surface area contributed by atoms with Gasteiger partial charge in [-0.2, -0.15) is 0 Å². The van der Waals surface area contributed by atoms with Gasteiger partial charge in [0.05, 0.1) is 0 Å². The summed E-state index contributed by atoms with van der Waals surface area (Å²) >= 11 is 5.43. The van der Waals surface area contributed by atoms with Crippen molar-refractivity contribution in [1.29, 1.82) is 0 Å². The van der Waals surface area contributed by atoms with E-state index in [1.165, 1.54) is 0 Å². The average molecular weight is 390 g/mol. The molecule has 0 saturated heterocycles. The fourth-order valence-electron chi connectivity index (χ4n) is 0. The van der Waals surface area contributed by atoms with Crippen molar-refractivity contribution in [3.8, 4) is 0 Å². The summed E-state index contributed by atoms with van der Waals surface area (Å²) < 4.78 is 0. The maximum Gasteiger partial charge on any atom is 0.314 e. The Bertz CT molecular complexity index is 105. The van der Waals surface area contributed by atoms with E-state index in [1.807, 2.05) is 0 Å². The van der Waals surface area contributed by atoms with Crippen molar-refractivity contribution < 1.29 is 47.1 Å². The van der Waals surface area contributed by atoms with Gasteiger partial charge < -0.3 is 10.2 Å². The summed E-state index contributed by atoms with van der Waals surface area (Å²) in [5, 5.41) is 15.4. The molecular weight excluding hydrogens is 384 g/mol. The molecule has 0 aliphatic rings. The molecule has 0 fully saturated rings. The number of hydrogen-bond donors (Lipinski definition) is 2. The molecule has 11 heavy (non-hydrogen) atoms. The van der Waals surface area contributed by atoms with Crippen LogP contribution in [0.1, 0.15) is 0 Å². The summed E-state index contributed by atoms with van der Waals surface area (Å²) in [7, 11) is 0. The van der Waals surface area contributed by atoms with Crippen LogP contribution in [0.2, 0.25) is 0 Å². The van der Waals surface area contributed by atoms with Crippen LogP contribution in [0.25, 0.3) is 0 Å². The van der Waals surface area contributed by atoms with Gasteiger partial charge in [-0.3, -0.25) is 9.59 Å². The van der Waals surface area contributed by atoms with E-state index in [9.17, 15) is 9.59 Å². The molecule has 0 unspecified atom stereocenters. The van der Waals surface area contributed by atoms with Crippen molar-refractivity contribution in [2.24, 2.45) is 0 Å². The van der Waals surface area contributed by atoms with Crippen molar-refractivity contribution in [2.45, 2.75) is 0 Å². The number of carboxylic acids is 2. The van der Waals surface area contributed by atoms with E-state index in [-0.39, 0.29) is 38.0 Å². The van der Waals surface area contributed by atoms with Gasteiger partial charge in [0.1, 0.15) is 10.7 Å². The fraction of sp³-hybridized carbons (Fsp3) is 0.500. The first-order valence-corrected chi connectivity index (χ1v) is 4.34. The van der Waals surface area contributed by atoms with E-state index in [4.69, 9.17) is 10.2 Å². The Morgan fingerprint density at radius 1 is 1.00 bits per heavy atom. The zero-order valence-corrected chi connectivity index (χ0v) is 12.8. The van der Waals surface area contributed by atoms with Gasteiger partial charge in [-0.15, -0.1) is 0 Å². The van der Waals surface area contributed by atoms with Crippen molar-refractivity contribution in [2.75, 3.05) is 10.7 Å². The molecule has 0 saturated carbocycles. The van der Waals surface area contributed by atoms with Crippen LogP contribution in [0.15, 0.2) is 0 Å². The van der Waals surface area contributed by atoms with Crippen LogP contribution in [0.3, 0.4) is 0 Å². The van der Waals surface area contributed by atoms with Crippen LogP contribution < -0.4 is 0 Å². The fourth-order valence-corrected chi connectivity index (χ4v) is 0. The maximum absolute atomic E-state index is 9.32. The second-order valence-electron chi connectivity index (χ2n) is 1.05. The van der Waals surface area contributed by atoms with Gasteiger partial charge in [-0.25, -0.2) is 0 Å². The van der Waals surface area contributed by atoms with Crippen LogP contribution in [-0.2, 0) is 36.9 Å². The van der Waals surface area contributed by atoms with E-state index in [0.717, 1.165) is 0 Å². The summed E-state index contributed by atoms with van der Waals surface area (Å²) in [4.78, 5) is 18.6. The first-order valence-electron chi connectivity index (χ1n) is 2.10. The minimum atomic E-state index is -0.829. The summed E-state index contributed by atoms with van der Waals surface area (Å²) in [6, 6.07) is 0. The Morgan fingerprint density at radius 2 is 1.09 bits per heavy atom. The quantitative estimate of drug-likeness (QED) is 0.544. The Kier molecular flexibility index (Phi) is 21.7. The molecule has 2 N–H and O–H groups in total. The molecule has 0 bridgehead atoms. The maximum atomic E-state index is 9.32. The van der Waals surface area contributed by atoms with E-state index in [2.05, 4.69) is 31.9 Å². The summed E-state index contributed by atoms with van der Waals surface area (Å²) in [5.41, 5.74) is 0. The van der Waals surface area contributed by atoms with Gasteiger partial charge in [-0.1, -0.05) is 31.9 Å². The van der Waals surface area contributed by atoms with Gasteiger partial charge in [0.15, 0.2) is 0 Å². The third-order valence-corrected chi connectivity index (χ3v) is 1.19. The van der Waals surface area contributed by atoms with Gasteiger partial charge in [0.2, 0.25) is 0 Å². The number of rotatable bonds is 2. The van der Waals surface area contributed by atoms with Crippen LogP contribution in [-0.4, -0.2) is 32.8 Å². The summed E-state index contributed by atoms with van der Waals surface area (Å²) in [5.74, 6) is -1.66. The van der Waals surface area contributed by atoms with Crippen molar-refractivity contribution >= 4 is 43.8 Å². The molecule has 0 aliphatic heterocycles. The van der Waals surface area contributed by atoms with Gasteiger partial charge >= 0.3 is 11.9 Å². The molecule has 0 radical (unpaired) electrons. The van der Waals surface area contributed by atoms with Gasteiger partial charge in [-0.05, 0) is 0 Å². The number of alkyl halides is 2. The monoisotopic (exact) mass is 390 g/mol. The summed E-state index contributed by atoms with van der Waals surface area (Å²) in [6.07, 6.45) is 0. The van der Waals surface area contributed by atoms with E-state index >= 15 is 0 Å². The van der Waals surface area contributed by atoms with Crippen LogP contribution >= 0.6 is 31.9 Å². The van der Waals surface area contributed by atoms with Gasteiger partial charge in [0, 0.05) is 27.3 Å². The molecule has 0 spiro atoms. The molecule has 7 heteroatoms. The van der Waals surface area contributed by atoms with Crippen molar-refractivity contribution in [3.05, 3.63) is 0 Å². The largest absolute Gasteiger partial charge is 0.481 e. The molecule has 0 heterocycles. The third kappa shape index (κ3) is 36.2. The summed E-state index contributed by atoms with van der Waals surface area (Å²) in [6.45, 7) is 0. The predicted molar refractivity (Wildman–Crippen MR) is 42.9 cm³/mol. The zero-order chi connectivity index (χ0) is 8.57. The smallest absolute Gasteiger partial charge is 0.314 e. The number of hydrogen-bond acceptors (Lipinski definition) is 2. The molecule has 0 aromatic carbocycles. The topological polar surface area (TPSA) is 74.6 Å². The second-order valence-corrected chi connectivity index (χ2v) is 2.18. The van der Waals surface area contributed by atoms with E-state index < -0.39 is 11.9 Å². The minimum Gasteiger partial charge on any atom is -0.481 e. The van der Waals surface area contributed by atoms with E-state index in [1.54, 1.807) is 0 Å². The number of aliphatic carboxylic acids is 2. The molecular formula is C4H6Br2CdO4. The number of halogens is 2. The standard InChI is InChI=1S/2C2H3BrO2.Cd/c2*3-1-2(4)5;/h2*1H2,(H,4,5);. The average Bonchev–Trinajstić information content (AvgIpc) is 1.89. The second kappa shape index (κ2) is 13.4. The first kappa shape index (κ1) is 17.8. The van der Waals surface area contributed by atoms with Crippen molar-refractivity contribution in [1.82, 2.24) is 0 Å². The molecule has 0 aromatic rings. The minimum absolute atomic E-state index is 0. The Labute approximate surface area is 101 Å². The zero-order valence-electron chi connectivity index (χ0n) is 5.59. The number of carboxylic acid groups (broad SMARTS) is 2. The molecule has 0 amide bonds. The Morgan fingerprint density at radius 3 is 1.09 bits per heavy atom. The molecule has 0 atom stereocenters. The molecule has 62 valence electrons. The van der Waals surface area contributed by atoms with Crippen LogP contribution in [0.5, 0.6) is 0 Å². The molecule has 0 aromatic heterocycles. The predicted octanol–water partition coefficient (Wildman–Crippen LogP) is 0.929. The Hall–Kier alpha value is 0.822. The van der Waals surface area contributed by atoms with Crippen LogP contribution in [0.4, 0.5) is 0 Å². The Balaban J connectivity index is -0.000000107. The molecule has 0 aliphatic carbocycles. The third-order valence-electron chi connectivity index (χ3n) is 0.229. The van der Waals surface area contributed by atoms with Gasteiger partial charge in [0.25, 0.3) is 0 Å². The van der Waals surface area contributed by atoms with Crippen molar-refractivity contribution in [3.63, 3.8) is 0 Å². The first-order chi connectivity index (χ1) is 4.54. The molecule has 4 nitrogen and oxygen atoms in total. The normalized spacial score (nSPS) is 6.73. The SMILES string of the molecule is O=C(O)CBr.O=C(O)CBr.[Cd]. The molecule has 0 rings (SSSR count).